The molecule has 1 aromatic carbocycles. The van der Waals surface area contributed by atoms with Crippen molar-refractivity contribution in [2.24, 2.45) is 5.92 Å². The van der Waals surface area contributed by atoms with E-state index in [0.29, 0.717) is 11.5 Å². The van der Waals surface area contributed by atoms with Crippen molar-refractivity contribution >= 4 is 44.9 Å². The Morgan fingerprint density at radius 1 is 1.44 bits per heavy atom. The summed E-state index contributed by atoms with van der Waals surface area (Å²) in [5.41, 5.74) is 1.83. The molecular weight excluding hydrogens is 318 g/mol. The van der Waals surface area contributed by atoms with Crippen molar-refractivity contribution in [3.05, 3.63) is 33.4 Å². The molecule has 0 aliphatic rings. The Hall–Kier alpha value is -1.00. The zero-order valence-corrected chi connectivity index (χ0v) is 12.4. The van der Waals surface area contributed by atoms with Crippen molar-refractivity contribution in [2.45, 2.75) is 20.0 Å². The predicted octanol–water partition coefficient (Wildman–Crippen LogP) is 4.45. The highest BCUT2D eigenvalue weighted by Crippen LogP contribution is 2.37. The Labute approximate surface area is 119 Å². The van der Waals surface area contributed by atoms with Crippen LogP contribution in [0.5, 0.6) is 0 Å². The second-order valence-corrected chi connectivity index (χ2v) is 5.77. The van der Waals surface area contributed by atoms with Gasteiger partial charge in [-0.3, -0.25) is 4.79 Å². The van der Waals surface area contributed by atoms with Crippen molar-refractivity contribution in [1.29, 1.82) is 0 Å². The summed E-state index contributed by atoms with van der Waals surface area (Å²) in [6.45, 7) is 4.49. The van der Waals surface area contributed by atoms with Gasteiger partial charge in [-0.2, -0.15) is 0 Å². The van der Waals surface area contributed by atoms with Crippen LogP contribution in [0.4, 0.5) is 0 Å². The molecule has 1 unspecified atom stereocenters. The van der Waals surface area contributed by atoms with Crippen LogP contribution in [0.2, 0.25) is 5.02 Å². The number of aromatic nitrogens is 1. The lowest BCUT2D eigenvalue weighted by Gasteiger charge is -2.20. The number of fused-ring (bicyclic) bond motifs is 1. The molecule has 2 rings (SSSR count). The third-order valence-electron chi connectivity index (χ3n) is 2.84. The summed E-state index contributed by atoms with van der Waals surface area (Å²) in [7, 11) is 0. The molecule has 1 aromatic heterocycles. The molecular formula is C13H13BrClNO2. The lowest BCUT2D eigenvalue weighted by molar-refractivity contribution is -0.135. The molecule has 18 heavy (non-hydrogen) atoms. The molecule has 0 bridgehead atoms. The summed E-state index contributed by atoms with van der Waals surface area (Å²) in [4.78, 5) is 13.8. The standard InChI is InChI=1S/C13H13BrClNO2/c1-7(2)13(18-6-17)9-3-8(14)4-11-12(9)10(15)5-16-11/h3-7,13,16H,1-2H3. The van der Waals surface area contributed by atoms with E-state index in [4.69, 9.17) is 16.3 Å². The van der Waals surface area contributed by atoms with Crippen LogP contribution in [0.25, 0.3) is 10.9 Å². The number of aromatic amines is 1. The van der Waals surface area contributed by atoms with Gasteiger partial charge in [0.2, 0.25) is 0 Å². The summed E-state index contributed by atoms with van der Waals surface area (Å²) in [5, 5.41) is 1.54. The van der Waals surface area contributed by atoms with Gasteiger partial charge < -0.3 is 9.72 Å². The van der Waals surface area contributed by atoms with Crippen LogP contribution in [-0.4, -0.2) is 11.5 Å². The highest BCUT2D eigenvalue weighted by molar-refractivity contribution is 9.10. The van der Waals surface area contributed by atoms with Crippen molar-refractivity contribution in [3.63, 3.8) is 0 Å². The Bertz CT molecular complexity index is 580. The maximum absolute atomic E-state index is 10.7. The second-order valence-electron chi connectivity index (χ2n) is 4.45. The molecule has 0 radical (unpaired) electrons. The number of benzene rings is 1. The first-order valence-corrected chi connectivity index (χ1v) is 6.76. The van der Waals surface area contributed by atoms with Gasteiger partial charge in [-0.25, -0.2) is 0 Å². The Balaban J connectivity index is 2.66. The molecule has 0 saturated carbocycles. The van der Waals surface area contributed by atoms with Crippen LogP contribution < -0.4 is 0 Å². The number of rotatable bonds is 4. The molecule has 0 aliphatic heterocycles. The summed E-state index contributed by atoms with van der Waals surface area (Å²) < 4.78 is 6.12. The third kappa shape index (κ3) is 2.40. The second kappa shape index (κ2) is 5.33. The van der Waals surface area contributed by atoms with Crippen LogP contribution >= 0.6 is 27.5 Å². The number of nitrogens with one attached hydrogen (secondary N) is 1. The van der Waals surface area contributed by atoms with Gasteiger partial charge in [0.1, 0.15) is 6.10 Å². The zero-order chi connectivity index (χ0) is 13.3. The molecule has 1 atom stereocenters. The third-order valence-corrected chi connectivity index (χ3v) is 3.60. The monoisotopic (exact) mass is 329 g/mol. The number of carbonyl (C=O) groups is 1. The Morgan fingerprint density at radius 2 is 2.17 bits per heavy atom. The van der Waals surface area contributed by atoms with E-state index in [2.05, 4.69) is 20.9 Å². The van der Waals surface area contributed by atoms with E-state index >= 15 is 0 Å². The first-order chi connectivity index (χ1) is 8.54. The van der Waals surface area contributed by atoms with E-state index in [1.165, 1.54) is 0 Å². The molecule has 96 valence electrons. The normalized spacial score (nSPS) is 12.9. The predicted molar refractivity (Wildman–Crippen MR) is 75.7 cm³/mol. The molecule has 1 heterocycles. The minimum Gasteiger partial charge on any atom is -0.459 e. The van der Waals surface area contributed by atoms with Crippen LogP contribution in [0, 0.1) is 5.92 Å². The molecule has 3 nitrogen and oxygen atoms in total. The fraction of sp³-hybridized carbons (Fsp3) is 0.308. The molecule has 0 saturated heterocycles. The number of ether oxygens (including phenoxy) is 1. The van der Waals surface area contributed by atoms with E-state index in [1.807, 2.05) is 26.0 Å². The first-order valence-electron chi connectivity index (χ1n) is 5.59. The molecule has 0 aliphatic carbocycles. The highest BCUT2D eigenvalue weighted by atomic mass is 79.9. The number of H-pyrrole nitrogens is 1. The first kappa shape index (κ1) is 13.4. The van der Waals surface area contributed by atoms with Crippen LogP contribution in [0.1, 0.15) is 25.5 Å². The minimum absolute atomic E-state index is 0.165. The molecule has 5 heteroatoms. The lowest BCUT2D eigenvalue weighted by atomic mass is 9.96. The van der Waals surface area contributed by atoms with E-state index in [-0.39, 0.29) is 12.0 Å². The summed E-state index contributed by atoms with van der Waals surface area (Å²) >= 11 is 9.64. The van der Waals surface area contributed by atoms with Crippen LogP contribution in [-0.2, 0) is 9.53 Å². The van der Waals surface area contributed by atoms with Gasteiger partial charge in [-0.1, -0.05) is 41.4 Å². The van der Waals surface area contributed by atoms with Gasteiger partial charge in [-0.15, -0.1) is 0 Å². The van der Waals surface area contributed by atoms with Gasteiger partial charge in [0.15, 0.2) is 0 Å². The molecule has 0 amide bonds. The number of hydrogen-bond donors (Lipinski definition) is 1. The fourth-order valence-corrected chi connectivity index (χ4v) is 2.84. The van der Waals surface area contributed by atoms with Crippen molar-refractivity contribution in [2.75, 3.05) is 0 Å². The molecule has 0 fully saturated rings. The number of hydrogen-bond acceptors (Lipinski definition) is 2. The van der Waals surface area contributed by atoms with Gasteiger partial charge in [0.25, 0.3) is 6.47 Å². The summed E-state index contributed by atoms with van der Waals surface area (Å²) in [6.07, 6.45) is 1.43. The maximum Gasteiger partial charge on any atom is 0.293 e. The van der Waals surface area contributed by atoms with Gasteiger partial charge in [0, 0.05) is 27.1 Å². The van der Waals surface area contributed by atoms with Gasteiger partial charge in [-0.05, 0) is 18.1 Å². The SMILES string of the molecule is CC(C)C(OC=O)c1cc(Br)cc2[nH]cc(Cl)c12. The minimum atomic E-state index is -0.309. The largest absolute Gasteiger partial charge is 0.459 e. The van der Waals surface area contributed by atoms with Crippen LogP contribution in [0.15, 0.2) is 22.8 Å². The number of halogens is 2. The maximum atomic E-state index is 10.7. The Morgan fingerprint density at radius 3 is 2.78 bits per heavy atom. The van der Waals surface area contributed by atoms with Crippen molar-refractivity contribution < 1.29 is 9.53 Å². The van der Waals surface area contributed by atoms with E-state index in [0.717, 1.165) is 20.9 Å². The molecule has 1 N–H and O–H groups in total. The average Bonchev–Trinajstić information content (AvgIpc) is 2.66. The fourth-order valence-electron chi connectivity index (χ4n) is 2.10. The van der Waals surface area contributed by atoms with Crippen LogP contribution in [0.3, 0.4) is 0 Å². The van der Waals surface area contributed by atoms with Gasteiger partial charge in [0.05, 0.1) is 5.02 Å². The molecule has 0 spiro atoms. The van der Waals surface area contributed by atoms with Crippen molar-refractivity contribution in [1.82, 2.24) is 4.98 Å². The zero-order valence-electron chi connectivity index (χ0n) is 10.0. The number of carbonyl (C=O) groups excluding carboxylic acids is 1. The Kier molecular flexibility index (Phi) is 3.97. The van der Waals surface area contributed by atoms with Crippen molar-refractivity contribution in [3.8, 4) is 0 Å². The highest BCUT2D eigenvalue weighted by Gasteiger charge is 2.22. The van der Waals surface area contributed by atoms with E-state index in [1.54, 1.807) is 6.20 Å². The van der Waals surface area contributed by atoms with E-state index in [9.17, 15) is 4.79 Å². The van der Waals surface area contributed by atoms with Gasteiger partial charge >= 0.3 is 0 Å². The summed E-state index contributed by atoms with van der Waals surface area (Å²) in [5.74, 6) is 0.165. The summed E-state index contributed by atoms with van der Waals surface area (Å²) in [6, 6.07) is 3.89. The average molecular weight is 331 g/mol. The van der Waals surface area contributed by atoms with E-state index < -0.39 is 0 Å². The molecule has 2 aromatic rings. The lowest BCUT2D eigenvalue weighted by Crippen LogP contribution is -2.10. The quantitative estimate of drug-likeness (QED) is 0.841. The smallest absolute Gasteiger partial charge is 0.293 e. The topological polar surface area (TPSA) is 42.1 Å².